The van der Waals surface area contributed by atoms with Gasteiger partial charge in [0.15, 0.2) is 0 Å². The molecule has 0 unspecified atom stereocenters. The summed E-state index contributed by atoms with van der Waals surface area (Å²) in [6, 6.07) is 21.8. The van der Waals surface area contributed by atoms with Crippen molar-refractivity contribution in [3.63, 3.8) is 0 Å². The maximum absolute atomic E-state index is 13.9. The van der Waals surface area contributed by atoms with Gasteiger partial charge in [-0.15, -0.1) is 0 Å². The van der Waals surface area contributed by atoms with Crippen LogP contribution in [0, 0.1) is 0 Å². The number of anilines is 1. The molecule has 202 valence electrons. The second-order valence-corrected chi connectivity index (χ2v) is 11.7. The van der Waals surface area contributed by atoms with E-state index in [-0.39, 0.29) is 17.3 Å². The molecule has 0 saturated heterocycles. The van der Waals surface area contributed by atoms with Gasteiger partial charge in [0.2, 0.25) is 11.8 Å². The fourth-order valence-electron chi connectivity index (χ4n) is 3.96. The summed E-state index contributed by atoms with van der Waals surface area (Å²) in [6.45, 7) is 5.80. The third kappa shape index (κ3) is 7.45. The first-order valence-corrected chi connectivity index (χ1v) is 14.9. The lowest BCUT2D eigenvalue weighted by Crippen LogP contribution is -2.51. The lowest BCUT2D eigenvalue weighted by atomic mass is 10.1. The Morgan fingerprint density at radius 2 is 1.61 bits per heavy atom. The van der Waals surface area contributed by atoms with Crippen molar-refractivity contribution >= 4 is 43.5 Å². The number of amides is 2. The third-order valence-corrected chi connectivity index (χ3v) is 8.48. The van der Waals surface area contributed by atoms with Crippen molar-refractivity contribution in [1.29, 1.82) is 0 Å². The maximum atomic E-state index is 13.9. The van der Waals surface area contributed by atoms with Gasteiger partial charge in [-0.2, -0.15) is 0 Å². The Hall–Kier alpha value is -3.17. The Balaban J connectivity index is 2.01. The molecular weight excluding hydrogens is 566 g/mol. The van der Waals surface area contributed by atoms with E-state index in [1.165, 1.54) is 17.0 Å². The van der Waals surface area contributed by atoms with Crippen LogP contribution in [0.4, 0.5) is 5.69 Å². The van der Waals surface area contributed by atoms with E-state index >= 15 is 0 Å². The number of hydrogen-bond donors (Lipinski definition) is 1. The van der Waals surface area contributed by atoms with E-state index in [0.717, 1.165) is 32.7 Å². The van der Waals surface area contributed by atoms with E-state index in [0.29, 0.717) is 12.2 Å². The summed E-state index contributed by atoms with van der Waals surface area (Å²) in [7, 11) is -4.06. The number of nitrogens with one attached hydrogen (secondary N) is 1. The minimum Gasteiger partial charge on any atom is -0.354 e. The number of nitrogens with zero attached hydrogens (tertiary/aromatic N) is 2. The quantitative estimate of drug-likeness (QED) is 0.312. The molecule has 0 aliphatic rings. The molecule has 7 nitrogen and oxygen atoms in total. The molecule has 0 aliphatic heterocycles. The van der Waals surface area contributed by atoms with Crippen molar-refractivity contribution in [2.24, 2.45) is 0 Å². The number of aryl methyl sites for hydroxylation is 1. The Kier molecular flexibility index (Phi) is 10.5. The molecule has 0 radical (unpaired) electrons. The summed E-state index contributed by atoms with van der Waals surface area (Å²) in [6.07, 6.45) is 1.56. The van der Waals surface area contributed by atoms with Crippen molar-refractivity contribution in [2.75, 3.05) is 17.4 Å². The Labute approximate surface area is 234 Å². The standard InChI is InChI=1S/C29H34BrN3O4S/c1-4-18-31-29(35)22(3)32(20-24-10-9-11-25(30)19-24)28(34)21-33(26-16-14-23(5-2)15-17-26)38(36,37)27-12-7-6-8-13-27/h6-17,19,22H,4-5,18,20-21H2,1-3H3,(H,31,35)/t22-/m0/s1. The summed E-state index contributed by atoms with van der Waals surface area (Å²) in [5, 5.41) is 2.84. The van der Waals surface area contributed by atoms with Crippen molar-refractivity contribution in [3.8, 4) is 0 Å². The van der Waals surface area contributed by atoms with Crippen LogP contribution in [0.2, 0.25) is 0 Å². The van der Waals surface area contributed by atoms with Crippen LogP contribution in [-0.4, -0.2) is 44.3 Å². The number of sulfonamides is 1. The lowest BCUT2D eigenvalue weighted by molar-refractivity contribution is -0.139. The fourth-order valence-corrected chi connectivity index (χ4v) is 5.84. The second-order valence-electron chi connectivity index (χ2n) is 8.96. The zero-order valence-corrected chi connectivity index (χ0v) is 24.3. The van der Waals surface area contributed by atoms with Gasteiger partial charge in [-0.3, -0.25) is 13.9 Å². The van der Waals surface area contributed by atoms with Gasteiger partial charge < -0.3 is 10.2 Å². The normalized spacial score (nSPS) is 12.0. The molecule has 1 atom stereocenters. The van der Waals surface area contributed by atoms with Gasteiger partial charge in [0.25, 0.3) is 10.0 Å². The lowest BCUT2D eigenvalue weighted by Gasteiger charge is -2.32. The Bertz CT molecular complexity index is 1330. The number of carbonyl (C=O) groups excluding carboxylic acids is 2. The first kappa shape index (κ1) is 29.4. The number of rotatable bonds is 12. The molecule has 2 amide bonds. The number of benzene rings is 3. The van der Waals surface area contributed by atoms with Crippen LogP contribution in [0.15, 0.2) is 88.2 Å². The molecule has 3 aromatic rings. The van der Waals surface area contributed by atoms with Crippen LogP contribution in [0.5, 0.6) is 0 Å². The summed E-state index contributed by atoms with van der Waals surface area (Å²) in [5.41, 5.74) is 2.24. The van der Waals surface area contributed by atoms with Gasteiger partial charge in [0.1, 0.15) is 12.6 Å². The first-order valence-electron chi connectivity index (χ1n) is 12.7. The Morgan fingerprint density at radius 3 is 2.21 bits per heavy atom. The van der Waals surface area contributed by atoms with Crippen LogP contribution in [0.1, 0.15) is 38.3 Å². The molecule has 0 saturated carbocycles. The molecule has 0 fully saturated rings. The molecular formula is C29H34BrN3O4S. The van der Waals surface area contributed by atoms with E-state index < -0.39 is 28.5 Å². The number of carbonyl (C=O) groups is 2. The van der Waals surface area contributed by atoms with E-state index in [9.17, 15) is 18.0 Å². The zero-order chi connectivity index (χ0) is 27.7. The number of halogens is 1. The van der Waals surface area contributed by atoms with Gasteiger partial charge >= 0.3 is 0 Å². The van der Waals surface area contributed by atoms with Crippen molar-refractivity contribution in [1.82, 2.24) is 10.2 Å². The highest BCUT2D eigenvalue weighted by Gasteiger charge is 2.32. The minimum absolute atomic E-state index is 0.0830. The first-order chi connectivity index (χ1) is 18.2. The molecule has 0 aliphatic carbocycles. The van der Waals surface area contributed by atoms with E-state index in [4.69, 9.17) is 0 Å². The van der Waals surface area contributed by atoms with Crippen molar-refractivity contribution in [3.05, 3.63) is 94.5 Å². The minimum atomic E-state index is -4.06. The Morgan fingerprint density at radius 1 is 0.921 bits per heavy atom. The highest BCUT2D eigenvalue weighted by molar-refractivity contribution is 9.10. The highest BCUT2D eigenvalue weighted by atomic mass is 79.9. The molecule has 3 rings (SSSR count). The average molecular weight is 601 g/mol. The SMILES string of the molecule is CCCNC(=O)[C@H](C)N(Cc1cccc(Br)c1)C(=O)CN(c1ccc(CC)cc1)S(=O)(=O)c1ccccc1. The molecule has 3 aromatic carbocycles. The zero-order valence-electron chi connectivity index (χ0n) is 21.9. The molecule has 0 heterocycles. The molecule has 9 heteroatoms. The molecule has 38 heavy (non-hydrogen) atoms. The second kappa shape index (κ2) is 13.6. The molecule has 1 N–H and O–H groups in total. The maximum Gasteiger partial charge on any atom is 0.264 e. The van der Waals surface area contributed by atoms with Gasteiger partial charge in [-0.1, -0.05) is 72.2 Å². The third-order valence-electron chi connectivity index (χ3n) is 6.20. The summed E-state index contributed by atoms with van der Waals surface area (Å²) >= 11 is 3.45. The monoisotopic (exact) mass is 599 g/mol. The van der Waals surface area contributed by atoms with Crippen LogP contribution in [0.3, 0.4) is 0 Å². The van der Waals surface area contributed by atoms with Crippen LogP contribution in [-0.2, 0) is 32.6 Å². The molecule has 0 spiro atoms. The summed E-state index contributed by atoms with van der Waals surface area (Å²) < 4.78 is 29.5. The van der Waals surface area contributed by atoms with E-state index in [1.807, 2.05) is 50.2 Å². The van der Waals surface area contributed by atoms with E-state index in [2.05, 4.69) is 21.2 Å². The van der Waals surface area contributed by atoms with Gasteiger partial charge in [-0.05, 0) is 67.3 Å². The molecule has 0 aromatic heterocycles. The predicted molar refractivity (Wildman–Crippen MR) is 154 cm³/mol. The molecule has 0 bridgehead atoms. The average Bonchev–Trinajstić information content (AvgIpc) is 2.93. The van der Waals surface area contributed by atoms with Gasteiger partial charge in [0.05, 0.1) is 10.6 Å². The largest absolute Gasteiger partial charge is 0.354 e. The van der Waals surface area contributed by atoms with Crippen molar-refractivity contribution < 1.29 is 18.0 Å². The van der Waals surface area contributed by atoms with Gasteiger partial charge in [-0.25, -0.2) is 8.42 Å². The fraction of sp³-hybridized carbons (Fsp3) is 0.310. The van der Waals surface area contributed by atoms with Gasteiger partial charge in [0, 0.05) is 17.6 Å². The topological polar surface area (TPSA) is 86.8 Å². The smallest absolute Gasteiger partial charge is 0.264 e. The van der Waals surface area contributed by atoms with Crippen LogP contribution in [0.25, 0.3) is 0 Å². The van der Waals surface area contributed by atoms with E-state index in [1.54, 1.807) is 37.3 Å². The number of hydrogen-bond acceptors (Lipinski definition) is 4. The highest BCUT2D eigenvalue weighted by Crippen LogP contribution is 2.25. The summed E-state index contributed by atoms with van der Waals surface area (Å²) in [5.74, 6) is -0.775. The predicted octanol–water partition coefficient (Wildman–Crippen LogP) is 5.15. The summed E-state index contributed by atoms with van der Waals surface area (Å²) in [4.78, 5) is 28.3. The van der Waals surface area contributed by atoms with Crippen LogP contribution >= 0.6 is 15.9 Å². The van der Waals surface area contributed by atoms with Crippen molar-refractivity contribution in [2.45, 2.75) is 51.1 Å². The van der Waals surface area contributed by atoms with Crippen LogP contribution < -0.4 is 9.62 Å².